The Morgan fingerprint density at radius 1 is 1.59 bits per heavy atom. The Labute approximate surface area is 100 Å². The van der Waals surface area contributed by atoms with Gasteiger partial charge in [-0.25, -0.2) is 4.79 Å². The predicted octanol–water partition coefficient (Wildman–Crippen LogP) is 1.50. The number of fused-ring (bicyclic) bond motifs is 1. The number of carboxylic acid groups (broad SMARTS) is 1. The van der Waals surface area contributed by atoms with Crippen LogP contribution in [0.1, 0.15) is 5.56 Å². The normalized spacial score (nSPS) is 24.6. The molecular formula is C11H7NO4S. The van der Waals surface area contributed by atoms with Gasteiger partial charge in [0.2, 0.25) is 0 Å². The van der Waals surface area contributed by atoms with Crippen molar-refractivity contribution in [3.8, 4) is 0 Å². The highest BCUT2D eigenvalue weighted by atomic mass is 32.2. The third kappa shape index (κ3) is 1.41. The molecule has 5 nitrogen and oxygen atoms in total. The topological polar surface area (TPSA) is 70.7 Å². The number of carbonyl (C=O) groups excluding carboxylic acids is 1. The first-order valence-corrected chi connectivity index (χ1v) is 5.79. The lowest BCUT2D eigenvalue weighted by Gasteiger charge is -2.37. The Morgan fingerprint density at radius 3 is 3.06 bits per heavy atom. The van der Waals surface area contributed by atoms with Crippen LogP contribution in [-0.4, -0.2) is 27.3 Å². The third-order valence-corrected chi connectivity index (χ3v) is 3.70. The number of carboxylic acids is 1. The van der Waals surface area contributed by atoms with Gasteiger partial charge in [0.25, 0.3) is 5.91 Å². The van der Waals surface area contributed by atoms with Gasteiger partial charge in [-0.3, -0.25) is 9.69 Å². The third-order valence-electron chi connectivity index (χ3n) is 2.62. The molecule has 1 aromatic rings. The van der Waals surface area contributed by atoms with Gasteiger partial charge in [-0.2, -0.15) is 0 Å². The maximum Gasteiger partial charge on any atom is 0.353 e. The van der Waals surface area contributed by atoms with Crippen molar-refractivity contribution >= 4 is 29.7 Å². The summed E-state index contributed by atoms with van der Waals surface area (Å²) in [5.74, 6) is -1.33. The van der Waals surface area contributed by atoms with Gasteiger partial charge >= 0.3 is 5.97 Å². The highest BCUT2D eigenvalue weighted by Crippen LogP contribution is 2.44. The lowest BCUT2D eigenvalue weighted by molar-refractivity contribution is -0.141. The number of hydrogen-bond acceptors (Lipinski definition) is 4. The number of amides is 1. The largest absolute Gasteiger partial charge is 0.477 e. The van der Waals surface area contributed by atoms with Crippen LogP contribution in [0.2, 0.25) is 0 Å². The summed E-state index contributed by atoms with van der Waals surface area (Å²) in [6.07, 6.45) is 4.78. The Morgan fingerprint density at radius 2 is 2.41 bits per heavy atom. The Balaban J connectivity index is 1.87. The van der Waals surface area contributed by atoms with Gasteiger partial charge in [-0.05, 0) is 12.1 Å². The summed E-state index contributed by atoms with van der Waals surface area (Å²) in [7, 11) is 0. The fourth-order valence-electron chi connectivity index (χ4n) is 1.80. The molecule has 86 valence electrons. The van der Waals surface area contributed by atoms with Crippen molar-refractivity contribution in [2.45, 2.75) is 5.37 Å². The number of aliphatic carboxylic acids is 1. The fraction of sp³-hybridized carbons (Fsp3) is 0.0909. The molecule has 0 radical (unpaired) electrons. The minimum atomic E-state index is -1.07. The van der Waals surface area contributed by atoms with Crippen molar-refractivity contribution < 1.29 is 19.1 Å². The lowest BCUT2D eigenvalue weighted by atomic mass is 10.0. The molecule has 1 amide bonds. The number of furan rings is 1. The minimum absolute atomic E-state index is 0.0503. The Hall–Kier alpha value is -1.95. The van der Waals surface area contributed by atoms with E-state index in [1.54, 1.807) is 12.1 Å². The zero-order chi connectivity index (χ0) is 12.0. The maximum atomic E-state index is 11.8. The van der Waals surface area contributed by atoms with E-state index in [9.17, 15) is 9.59 Å². The van der Waals surface area contributed by atoms with E-state index in [2.05, 4.69) is 0 Å². The molecule has 0 bridgehead atoms. The van der Waals surface area contributed by atoms with Crippen molar-refractivity contribution in [2.75, 3.05) is 0 Å². The van der Waals surface area contributed by atoms with Crippen molar-refractivity contribution in [2.24, 2.45) is 0 Å². The highest BCUT2D eigenvalue weighted by molar-refractivity contribution is 8.03. The zero-order valence-corrected chi connectivity index (χ0v) is 9.31. The second-order valence-electron chi connectivity index (χ2n) is 3.63. The molecule has 0 spiro atoms. The summed E-state index contributed by atoms with van der Waals surface area (Å²) in [4.78, 5) is 23.9. The monoisotopic (exact) mass is 249 g/mol. The van der Waals surface area contributed by atoms with Crippen LogP contribution in [0.15, 0.2) is 39.7 Å². The standard InChI is InChI=1S/C11H7NO4S/c13-9-7(3-6-1-2-16-4-6)10-12(9)8(5-17-10)11(14)15/h1-5,10H,(H,14,15)/b7-3+/t10-/m0/s1. The first-order chi connectivity index (χ1) is 8.18. The second-order valence-corrected chi connectivity index (χ2v) is 4.58. The summed E-state index contributed by atoms with van der Waals surface area (Å²) >= 11 is 1.33. The quantitative estimate of drug-likeness (QED) is 0.635. The molecule has 2 aliphatic heterocycles. The molecule has 3 heterocycles. The molecule has 2 aliphatic rings. The average Bonchev–Trinajstić information content (AvgIpc) is 2.93. The van der Waals surface area contributed by atoms with Gasteiger partial charge in [0.15, 0.2) is 0 Å². The maximum absolute atomic E-state index is 11.8. The van der Waals surface area contributed by atoms with Crippen molar-refractivity contribution in [1.82, 2.24) is 4.90 Å². The van der Waals surface area contributed by atoms with Crippen LogP contribution < -0.4 is 0 Å². The lowest BCUT2D eigenvalue weighted by Crippen LogP contribution is -2.51. The number of carbonyl (C=O) groups is 2. The van der Waals surface area contributed by atoms with E-state index in [1.807, 2.05) is 0 Å². The Bertz CT molecular complexity index is 558. The second kappa shape index (κ2) is 3.53. The van der Waals surface area contributed by atoms with Crippen LogP contribution in [0.25, 0.3) is 6.08 Å². The van der Waals surface area contributed by atoms with E-state index < -0.39 is 5.97 Å². The molecule has 6 heteroatoms. The van der Waals surface area contributed by atoms with Crippen LogP contribution >= 0.6 is 11.8 Å². The van der Waals surface area contributed by atoms with Crippen molar-refractivity contribution in [3.05, 3.63) is 40.8 Å². The van der Waals surface area contributed by atoms with Crippen LogP contribution in [-0.2, 0) is 9.59 Å². The fourth-order valence-corrected chi connectivity index (χ4v) is 2.92. The van der Waals surface area contributed by atoms with Gasteiger partial charge in [-0.15, -0.1) is 11.8 Å². The van der Waals surface area contributed by atoms with E-state index in [1.165, 1.54) is 34.6 Å². The number of β-lactam (4-membered cyclic amide) rings is 1. The summed E-state index contributed by atoms with van der Waals surface area (Å²) in [5, 5.41) is 10.2. The van der Waals surface area contributed by atoms with Crippen molar-refractivity contribution in [3.63, 3.8) is 0 Å². The van der Waals surface area contributed by atoms with Crippen LogP contribution in [0.3, 0.4) is 0 Å². The van der Waals surface area contributed by atoms with Crippen LogP contribution in [0, 0.1) is 0 Å². The first-order valence-electron chi connectivity index (χ1n) is 4.85. The van der Waals surface area contributed by atoms with E-state index in [0.717, 1.165) is 5.56 Å². The highest BCUT2D eigenvalue weighted by Gasteiger charge is 2.49. The number of rotatable bonds is 2. The van der Waals surface area contributed by atoms with Gasteiger partial charge < -0.3 is 9.52 Å². The summed E-state index contributed by atoms with van der Waals surface area (Å²) in [5.41, 5.74) is 1.45. The van der Waals surface area contributed by atoms with E-state index in [-0.39, 0.29) is 17.0 Å². The molecule has 0 saturated carbocycles. The van der Waals surface area contributed by atoms with Crippen LogP contribution in [0.4, 0.5) is 0 Å². The molecule has 0 aliphatic carbocycles. The Kier molecular flexibility index (Phi) is 2.12. The molecule has 1 atom stereocenters. The summed E-state index contributed by atoms with van der Waals surface area (Å²) in [6, 6.07) is 1.74. The van der Waals surface area contributed by atoms with Gasteiger partial charge in [0.05, 0.1) is 18.1 Å². The number of hydrogen-bond donors (Lipinski definition) is 1. The van der Waals surface area contributed by atoms with Crippen molar-refractivity contribution in [1.29, 1.82) is 0 Å². The van der Waals surface area contributed by atoms with Gasteiger partial charge in [0.1, 0.15) is 11.1 Å². The van der Waals surface area contributed by atoms with E-state index in [4.69, 9.17) is 9.52 Å². The zero-order valence-electron chi connectivity index (χ0n) is 8.49. The number of thioether (sulfide) groups is 1. The molecule has 1 fully saturated rings. The molecule has 3 rings (SSSR count). The smallest absolute Gasteiger partial charge is 0.353 e. The summed E-state index contributed by atoms with van der Waals surface area (Å²) < 4.78 is 4.91. The molecule has 1 N–H and O–H groups in total. The van der Waals surface area contributed by atoms with E-state index >= 15 is 0 Å². The molecule has 17 heavy (non-hydrogen) atoms. The predicted molar refractivity (Wildman–Crippen MR) is 60.6 cm³/mol. The molecule has 0 unspecified atom stereocenters. The SMILES string of the molecule is O=C(O)C1=CS[C@H]2/C(=C/c3ccoc3)C(=O)N12. The molecule has 0 aromatic carbocycles. The number of nitrogens with zero attached hydrogens (tertiary/aromatic N) is 1. The molecule has 1 aromatic heterocycles. The minimum Gasteiger partial charge on any atom is -0.477 e. The molecular weight excluding hydrogens is 242 g/mol. The average molecular weight is 249 g/mol. The summed E-state index contributed by atoms with van der Waals surface area (Å²) in [6.45, 7) is 0. The van der Waals surface area contributed by atoms with Gasteiger partial charge in [-0.1, -0.05) is 0 Å². The van der Waals surface area contributed by atoms with Crippen LogP contribution in [0.5, 0.6) is 0 Å². The van der Waals surface area contributed by atoms with Gasteiger partial charge in [0, 0.05) is 11.0 Å². The first kappa shape index (κ1) is 10.2. The molecule has 1 saturated heterocycles. The van der Waals surface area contributed by atoms with E-state index in [0.29, 0.717) is 5.57 Å².